The Morgan fingerprint density at radius 2 is 1.97 bits per heavy atom. The first kappa shape index (κ1) is 20.4. The zero-order valence-electron chi connectivity index (χ0n) is 16.8. The van der Waals surface area contributed by atoms with Gasteiger partial charge in [-0.1, -0.05) is 28.9 Å². The quantitative estimate of drug-likeness (QED) is 0.567. The van der Waals surface area contributed by atoms with Crippen molar-refractivity contribution in [2.75, 3.05) is 13.7 Å². The van der Waals surface area contributed by atoms with Gasteiger partial charge in [-0.25, -0.2) is 8.42 Å². The lowest BCUT2D eigenvalue weighted by atomic mass is 10.2. The van der Waals surface area contributed by atoms with Gasteiger partial charge in [-0.3, -0.25) is 0 Å². The molecule has 1 aliphatic heterocycles. The minimum absolute atomic E-state index is 0.116. The van der Waals surface area contributed by atoms with E-state index in [0.29, 0.717) is 36.2 Å². The summed E-state index contributed by atoms with van der Waals surface area (Å²) in [5.41, 5.74) is 1.14. The molecule has 3 aromatic rings. The maximum atomic E-state index is 13.2. The summed E-state index contributed by atoms with van der Waals surface area (Å²) < 4.78 is 43.9. The molecule has 1 aromatic heterocycles. The van der Waals surface area contributed by atoms with Crippen molar-refractivity contribution in [3.8, 4) is 11.5 Å². The molecule has 0 spiro atoms. The van der Waals surface area contributed by atoms with Crippen LogP contribution in [0.15, 0.2) is 57.9 Å². The lowest BCUT2D eigenvalue weighted by molar-refractivity contribution is 0.241. The van der Waals surface area contributed by atoms with Crippen molar-refractivity contribution in [1.82, 2.24) is 14.4 Å². The van der Waals surface area contributed by atoms with Gasteiger partial charge in [0, 0.05) is 12.6 Å². The molecule has 0 radical (unpaired) electrons. The van der Waals surface area contributed by atoms with Gasteiger partial charge in [0.15, 0.2) is 12.4 Å². The molecule has 1 atom stereocenters. The van der Waals surface area contributed by atoms with E-state index in [9.17, 15) is 8.42 Å². The number of ether oxygens (including phenoxy) is 2. The van der Waals surface area contributed by atoms with Gasteiger partial charge in [0.25, 0.3) is 5.89 Å². The van der Waals surface area contributed by atoms with E-state index in [2.05, 4.69) is 10.1 Å². The van der Waals surface area contributed by atoms with E-state index in [4.69, 9.17) is 14.0 Å². The molecule has 0 N–H and O–H groups in total. The second kappa shape index (κ2) is 8.45. The minimum atomic E-state index is -3.72. The average molecular weight is 429 g/mol. The zero-order chi connectivity index (χ0) is 21.1. The molecular formula is C21H23N3O5S. The molecular weight excluding hydrogens is 406 g/mol. The van der Waals surface area contributed by atoms with Crippen molar-refractivity contribution in [3.05, 3.63) is 65.8 Å². The fourth-order valence-electron chi connectivity index (χ4n) is 3.42. The van der Waals surface area contributed by atoms with Crippen LogP contribution in [0, 0.1) is 6.92 Å². The Kier molecular flexibility index (Phi) is 5.74. The van der Waals surface area contributed by atoms with Gasteiger partial charge in [0.2, 0.25) is 10.0 Å². The Bertz CT molecular complexity index is 1110. The highest BCUT2D eigenvalue weighted by molar-refractivity contribution is 7.89. The lowest BCUT2D eigenvalue weighted by Crippen LogP contribution is -2.31. The van der Waals surface area contributed by atoms with Crippen LogP contribution in [0.4, 0.5) is 0 Å². The maximum Gasteiger partial charge on any atom is 0.264 e. The van der Waals surface area contributed by atoms with Gasteiger partial charge in [-0.05, 0) is 44.0 Å². The van der Waals surface area contributed by atoms with Crippen LogP contribution in [0.5, 0.6) is 11.5 Å². The monoisotopic (exact) mass is 429 g/mol. The molecule has 2 heterocycles. The molecule has 8 nitrogen and oxygen atoms in total. The van der Waals surface area contributed by atoms with Crippen molar-refractivity contribution in [1.29, 1.82) is 0 Å². The van der Waals surface area contributed by atoms with Gasteiger partial charge in [-0.2, -0.15) is 9.29 Å². The molecule has 1 saturated heterocycles. The molecule has 9 heteroatoms. The fraction of sp³-hybridized carbons (Fsp3) is 0.333. The highest BCUT2D eigenvalue weighted by atomic mass is 32.2. The number of hydrogen-bond acceptors (Lipinski definition) is 7. The first-order valence-electron chi connectivity index (χ1n) is 9.65. The molecule has 0 aliphatic carbocycles. The highest BCUT2D eigenvalue weighted by Crippen LogP contribution is 2.36. The van der Waals surface area contributed by atoms with Gasteiger partial charge in [0.05, 0.1) is 18.0 Å². The largest absolute Gasteiger partial charge is 0.497 e. The van der Waals surface area contributed by atoms with Crippen LogP contribution < -0.4 is 9.47 Å². The summed E-state index contributed by atoms with van der Waals surface area (Å²) in [5.74, 6) is 1.84. The first-order valence-corrected chi connectivity index (χ1v) is 11.1. The van der Waals surface area contributed by atoms with Gasteiger partial charge in [0.1, 0.15) is 11.5 Å². The second-order valence-corrected chi connectivity index (χ2v) is 8.99. The molecule has 0 saturated carbocycles. The molecule has 1 aliphatic rings. The third kappa shape index (κ3) is 4.17. The molecule has 2 aromatic carbocycles. The Morgan fingerprint density at radius 1 is 1.17 bits per heavy atom. The van der Waals surface area contributed by atoms with E-state index >= 15 is 0 Å². The van der Waals surface area contributed by atoms with Crippen molar-refractivity contribution < 1.29 is 22.4 Å². The van der Waals surface area contributed by atoms with E-state index in [1.54, 1.807) is 18.2 Å². The Hall–Kier alpha value is -2.91. The van der Waals surface area contributed by atoms with E-state index in [-0.39, 0.29) is 11.5 Å². The topological polar surface area (TPSA) is 94.8 Å². The van der Waals surface area contributed by atoms with E-state index in [0.717, 1.165) is 12.0 Å². The smallest absolute Gasteiger partial charge is 0.264 e. The third-order valence-electron chi connectivity index (χ3n) is 5.02. The van der Waals surface area contributed by atoms with Crippen LogP contribution in [-0.4, -0.2) is 36.5 Å². The summed E-state index contributed by atoms with van der Waals surface area (Å²) >= 11 is 0. The standard InChI is InChI=1S/C21H23N3O5S/c1-15-8-10-16(11-9-15)28-14-20-22-21(23-29-20)19-7-4-12-24(19)30(25,26)18-6-3-5-17(13-18)27-2/h3,5-6,8-11,13,19H,4,7,12,14H2,1-2H3. The predicted molar refractivity (Wildman–Crippen MR) is 109 cm³/mol. The summed E-state index contributed by atoms with van der Waals surface area (Å²) in [6.07, 6.45) is 1.35. The van der Waals surface area contributed by atoms with Crippen LogP contribution in [0.2, 0.25) is 0 Å². The predicted octanol–water partition coefficient (Wildman–Crippen LogP) is 3.49. The SMILES string of the molecule is COc1cccc(S(=O)(=O)N2CCCC2c2noc(COc3ccc(C)cc3)n2)c1. The summed E-state index contributed by atoms with van der Waals surface area (Å²) in [7, 11) is -2.21. The van der Waals surface area contributed by atoms with Crippen molar-refractivity contribution in [2.24, 2.45) is 0 Å². The van der Waals surface area contributed by atoms with Crippen molar-refractivity contribution >= 4 is 10.0 Å². The van der Waals surface area contributed by atoms with Gasteiger partial charge in [-0.15, -0.1) is 0 Å². The molecule has 30 heavy (non-hydrogen) atoms. The highest BCUT2D eigenvalue weighted by Gasteiger charge is 2.39. The second-order valence-electron chi connectivity index (χ2n) is 7.10. The molecule has 1 unspecified atom stereocenters. The van der Waals surface area contributed by atoms with Crippen LogP contribution in [0.25, 0.3) is 0 Å². The van der Waals surface area contributed by atoms with Crippen LogP contribution in [0.3, 0.4) is 0 Å². The number of aryl methyl sites for hydroxylation is 1. The Morgan fingerprint density at radius 3 is 2.73 bits per heavy atom. The number of rotatable bonds is 7. The van der Waals surface area contributed by atoms with E-state index < -0.39 is 16.1 Å². The van der Waals surface area contributed by atoms with Crippen molar-refractivity contribution in [2.45, 2.75) is 37.3 Å². The summed E-state index contributed by atoms with van der Waals surface area (Å²) in [4.78, 5) is 4.56. The van der Waals surface area contributed by atoms with E-state index in [1.165, 1.54) is 17.5 Å². The third-order valence-corrected chi connectivity index (χ3v) is 6.92. The molecule has 0 bridgehead atoms. The number of sulfonamides is 1. The summed E-state index contributed by atoms with van der Waals surface area (Å²) in [5, 5.41) is 4.02. The number of benzene rings is 2. The molecule has 0 amide bonds. The first-order chi connectivity index (χ1) is 14.5. The lowest BCUT2D eigenvalue weighted by Gasteiger charge is -2.21. The summed E-state index contributed by atoms with van der Waals surface area (Å²) in [6, 6.07) is 13.6. The Balaban J connectivity index is 1.50. The molecule has 4 rings (SSSR count). The maximum absolute atomic E-state index is 13.2. The molecule has 158 valence electrons. The van der Waals surface area contributed by atoms with Crippen molar-refractivity contribution in [3.63, 3.8) is 0 Å². The van der Waals surface area contributed by atoms with E-state index in [1.807, 2.05) is 31.2 Å². The Labute approximate surface area is 175 Å². The van der Waals surface area contributed by atoms with Gasteiger partial charge >= 0.3 is 0 Å². The molecule has 1 fully saturated rings. The minimum Gasteiger partial charge on any atom is -0.497 e. The van der Waals surface area contributed by atoms with Crippen LogP contribution in [0.1, 0.15) is 36.2 Å². The number of methoxy groups -OCH3 is 1. The average Bonchev–Trinajstić information content (AvgIpc) is 3.43. The van der Waals surface area contributed by atoms with Crippen LogP contribution >= 0.6 is 0 Å². The summed E-state index contributed by atoms with van der Waals surface area (Å²) in [6.45, 7) is 2.51. The fourth-order valence-corrected chi connectivity index (χ4v) is 5.12. The number of aromatic nitrogens is 2. The van der Waals surface area contributed by atoms with Gasteiger partial charge < -0.3 is 14.0 Å². The van der Waals surface area contributed by atoms with Crippen LogP contribution in [-0.2, 0) is 16.6 Å². The zero-order valence-corrected chi connectivity index (χ0v) is 17.6. The number of nitrogens with zero attached hydrogens (tertiary/aromatic N) is 3. The normalized spacial score (nSPS) is 17.2. The number of hydrogen-bond donors (Lipinski definition) is 0.